The van der Waals surface area contributed by atoms with E-state index in [-0.39, 0.29) is 5.56 Å². The van der Waals surface area contributed by atoms with E-state index >= 15 is 0 Å². The average molecular weight is 212 g/mol. The largest absolute Gasteiger partial charge is 0.278 e. The lowest BCUT2D eigenvalue weighted by Crippen LogP contribution is -2.24. The Hall–Kier alpha value is -2.03. The van der Waals surface area contributed by atoms with E-state index in [0.717, 1.165) is 17.8 Å². The molecule has 1 aromatic heterocycles. The Bertz CT molecular complexity index is 590. The van der Waals surface area contributed by atoms with E-state index in [2.05, 4.69) is 6.08 Å². The first-order valence-electron chi connectivity index (χ1n) is 5.37. The molecule has 0 aliphatic carbocycles. The highest BCUT2D eigenvalue weighted by molar-refractivity contribution is 5.59. The highest BCUT2D eigenvalue weighted by Crippen LogP contribution is 2.18. The van der Waals surface area contributed by atoms with Crippen molar-refractivity contribution in [2.75, 3.05) is 0 Å². The third-order valence-corrected chi connectivity index (χ3v) is 2.88. The molecule has 2 heterocycles. The number of hydrogen-bond donors (Lipinski definition) is 0. The highest BCUT2D eigenvalue weighted by atomic mass is 16.1. The fraction of sp³-hybridized carbons (Fsp3) is 0.154. The van der Waals surface area contributed by atoms with Gasteiger partial charge in [0, 0.05) is 6.07 Å². The summed E-state index contributed by atoms with van der Waals surface area (Å²) in [6.45, 7) is 1.44. The van der Waals surface area contributed by atoms with Gasteiger partial charge in [-0.15, -0.1) is 0 Å². The van der Waals surface area contributed by atoms with E-state index in [1.807, 2.05) is 41.1 Å². The molecular formula is C13H12N2O. The van der Waals surface area contributed by atoms with Crippen molar-refractivity contribution >= 4 is 0 Å². The van der Waals surface area contributed by atoms with Crippen LogP contribution in [0.1, 0.15) is 0 Å². The lowest BCUT2D eigenvalue weighted by Gasteiger charge is -2.15. The van der Waals surface area contributed by atoms with E-state index in [0.29, 0.717) is 6.54 Å². The predicted molar refractivity (Wildman–Crippen MR) is 63.3 cm³/mol. The molecule has 0 atom stereocenters. The van der Waals surface area contributed by atoms with Gasteiger partial charge in [0.1, 0.15) is 0 Å². The van der Waals surface area contributed by atoms with Crippen molar-refractivity contribution in [3.05, 3.63) is 58.9 Å². The van der Waals surface area contributed by atoms with Crippen LogP contribution in [0.5, 0.6) is 0 Å². The zero-order valence-electron chi connectivity index (χ0n) is 8.84. The molecule has 2 aromatic rings. The molecule has 0 unspecified atom stereocenters. The SMILES string of the molecule is O=c1cc(-c2ccccc2)n2n1CC=CC2. The van der Waals surface area contributed by atoms with Gasteiger partial charge >= 0.3 is 0 Å². The van der Waals surface area contributed by atoms with E-state index in [9.17, 15) is 4.79 Å². The van der Waals surface area contributed by atoms with Crippen LogP contribution in [0.3, 0.4) is 0 Å². The van der Waals surface area contributed by atoms with Crippen molar-refractivity contribution in [3.8, 4) is 11.3 Å². The average Bonchev–Trinajstić information content (AvgIpc) is 2.69. The quantitative estimate of drug-likeness (QED) is 0.663. The predicted octanol–water partition coefficient (Wildman–Crippen LogP) is 1.89. The van der Waals surface area contributed by atoms with Crippen LogP contribution in [0.2, 0.25) is 0 Å². The topological polar surface area (TPSA) is 26.9 Å². The second-order valence-corrected chi connectivity index (χ2v) is 3.87. The fourth-order valence-electron chi connectivity index (χ4n) is 2.09. The molecule has 0 spiro atoms. The van der Waals surface area contributed by atoms with E-state index in [4.69, 9.17) is 0 Å². The summed E-state index contributed by atoms with van der Waals surface area (Å²) in [4.78, 5) is 11.8. The van der Waals surface area contributed by atoms with E-state index in [1.165, 1.54) is 0 Å². The first kappa shape index (κ1) is 9.21. The number of aromatic nitrogens is 2. The van der Waals surface area contributed by atoms with Gasteiger partial charge in [-0.25, -0.2) is 4.68 Å². The number of rotatable bonds is 1. The van der Waals surface area contributed by atoms with Crippen LogP contribution in [0.25, 0.3) is 11.3 Å². The summed E-state index contributed by atoms with van der Waals surface area (Å²) in [6, 6.07) is 11.7. The second kappa shape index (κ2) is 3.52. The van der Waals surface area contributed by atoms with Crippen LogP contribution >= 0.6 is 0 Å². The zero-order valence-corrected chi connectivity index (χ0v) is 8.84. The van der Waals surface area contributed by atoms with Gasteiger partial charge in [0.15, 0.2) is 0 Å². The Morgan fingerprint density at radius 1 is 0.938 bits per heavy atom. The van der Waals surface area contributed by atoms with E-state index < -0.39 is 0 Å². The van der Waals surface area contributed by atoms with Crippen molar-refractivity contribution in [2.24, 2.45) is 0 Å². The van der Waals surface area contributed by atoms with Crippen LogP contribution in [-0.2, 0) is 13.1 Å². The molecule has 0 fully saturated rings. The molecule has 1 aliphatic heterocycles. The van der Waals surface area contributed by atoms with Crippen LogP contribution in [0.4, 0.5) is 0 Å². The summed E-state index contributed by atoms with van der Waals surface area (Å²) in [5.41, 5.74) is 2.16. The molecule has 0 bridgehead atoms. The highest BCUT2D eigenvalue weighted by Gasteiger charge is 2.12. The normalized spacial score (nSPS) is 13.8. The van der Waals surface area contributed by atoms with Gasteiger partial charge in [0.2, 0.25) is 0 Å². The lowest BCUT2D eigenvalue weighted by atomic mass is 10.1. The maximum absolute atomic E-state index is 11.8. The van der Waals surface area contributed by atoms with Crippen LogP contribution in [0, 0.1) is 0 Å². The summed E-state index contributed by atoms with van der Waals surface area (Å²) in [5.74, 6) is 0. The van der Waals surface area contributed by atoms with Gasteiger partial charge in [0.05, 0.1) is 18.8 Å². The Labute approximate surface area is 93.2 Å². The molecule has 0 radical (unpaired) electrons. The minimum absolute atomic E-state index is 0.0724. The Kier molecular flexibility index (Phi) is 2.03. The van der Waals surface area contributed by atoms with Crippen molar-refractivity contribution in [3.63, 3.8) is 0 Å². The monoisotopic (exact) mass is 212 g/mol. The van der Waals surface area contributed by atoms with Crippen molar-refractivity contribution in [1.82, 2.24) is 9.36 Å². The number of nitrogens with zero attached hydrogens (tertiary/aromatic N) is 2. The summed E-state index contributed by atoms with van der Waals surface area (Å²) in [6.07, 6.45) is 4.11. The zero-order chi connectivity index (χ0) is 11.0. The van der Waals surface area contributed by atoms with Gasteiger partial charge in [-0.1, -0.05) is 42.5 Å². The number of allylic oxidation sites excluding steroid dienone is 2. The molecule has 16 heavy (non-hydrogen) atoms. The molecule has 3 heteroatoms. The molecule has 0 saturated heterocycles. The Morgan fingerprint density at radius 3 is 2.38 bits per heavy atom. The second-order valence-electron chi connectivity index (χ2n) is 3.87. The third-order valence-electron chi connectivity index (χ3n) is 2.88. The van der Waals surface area contributed by atoms with Crippen molar-refractivity contribution in [1.29, 1.82) is 0 Å². The van der Waals surface area contributed by atoms with Crippen LogP contribution in [-0.4, -0.2) is 9.36 Å². The molecule has 80 valence electrons. The standard InChI is InChI=1S/C13H12N2O/c16-13-10-12(11-6-2-1-3-7-11)14-8-4-5-9-15(13)14/h1-7,10H,8-9H2. The molecule has 0 amide bonds. The van der Waals surface area contributed by atoms with Crippen LogP contribution in [0.15, 0.2) is 53.3 Å². The summed E-state index contributed by atoms with van der Waals surface area (Å²) in [7, 11) is 0. The number of fused-ring (bicyclic) bond motifs is 1. The minimum atomic E-state index is 0.0724. The molecular weight excluding hydrogens is 200 g/mol. The minimum Gasteiger partial charge on any atom is -0.278 e. The molecule has 1 aliphatic rings. The number of hydrogen-bond acceptors (Lipinski definition) is 1. The summed E-state index contributed by atoms with van der Waals surface area (Å²) >= 11 is 0. The van der Waals surface area contributed by atoms with Gasteiger partial charge in [0.25, 0.3) is 5.56 Å². The molecule has 3 nitrogen and oxygen atoms in total. The Morgan fingerprint density at radius 2 is 1.62 bits per heavy atom. The van der Waals surface area contributed by atoms with Gasteiger partial charge in [-0.05, 0) is 5.56 Å². The molecule has 1 aromatic carbocycles. The first-order chi connectivity index (χ1) is 7.86. The fourth-order valence-corrected chi connectivity index (χ4v) is 2.09. The van der Waals surface area contributed by atoms with Crippen molar-refractivity contribution < 1.29 is 0 Å². The maximum atomic E-state index is 11.8. The lowest BCUT2D eigenvalue weighted by molar-refractivity contribution is 0.498. The van der Waals surface area contributed by atoms with Gasteiger partial charge < -0.3 is 0 Å². The maximum Gasteiger partial charge on any atom is 0.267 e. The van der Waals surface area contributed by atoms with Gasteiger partial charge in [-0.2, -0.15) is 0 Å². The number of benzene rings is 1. The van der Waals surface area contributed by atoms with Crippen LogP contribution < -0.4 is 5.56 Å². The molecule has 3 rings (SSSR count). The smallest absolute Gasteiger partial charge is 0.267 e. The summed E-state index contributed by atoms with van der Waals surface area (Å²) < 4.78 is 3.79. The first-order valence-corrected chi connectivity index (χ1v) is 5.37. The van der Waals surface area contributed by atoms with E-state index in [1.54, 1.807) is 10.7 Å². The summed E-state index contributed by atoms with van der Waals surface area (Å²) in [5, 5.41) is 0. The molecule has 0 saturated carbocycles. The van der Waals surface area contributed by atoms with Gasteiger partial charge in [-0.3, -0.25) is 9.48 Å². The third kappa shape index (κ3) is 1.33. The Balaban J connectivity index is 2.21. The molecule has 0 N–H and O–H groups in total. The van der Waals surface area contributed by atoms with Crippen molar-refractivity contribution in [2.45, 2.75) is 13.1 Å².